The van der Waals surface area contributed by atoms with Crippen LogP contribution in [0.15, 0.2) is 47.6 Å². The van der Waals surface area contributed by atoms with E-state index in [0.29, 0.717) is 35.1 Å². The van der Waals surface area contributed by atoms with Gasteiger partial charge in [-0.25, -0.2) is 0 Å². The molecule has 2 rings (SSSR count). The van der Waals surface area contributed by atoms with E-state index >= 15 is 0 Å². The van der Waals surface area contributed by atoms with E-state index in [1.807, 2.05) is 6.92 Å². The number of hydrogen-bond donors (Lipinski definition) is 2. The zero-order chi connectivity index (χ0) is 18.1. The van der Waals surface area contributed by atoms with E-state index in [1.54, 1.807) is 49.6 Å². The third-order valence-electron chi connectivity index (χ3n) is 3.21. The monoisotopic (exact) mass is 344 g/mol. The molecule has 0 fully saturated rings. The predicted molar refractivity (Wildman–Crippen MR) is 94.1 cm³/mol. The number of nitrogens with one attached hydrogen (secondary N) is 1. The number of nitrogens with zero attached hydrogens (tertiary/aromatic N) is 1. The summed E-state index contributed by atoms with van der Waals surface area (Å²) in [5.74, 6) is 1.31. The number of oxime groups is 1. The molecule has 0 unspecified atom stereocenters. The Balaban J connectivity index is 1.97. The summed E-state index contributed by atoms with van der Waals surface area (Å²) in [6, 6.07) is 12.0. The summed E-state index contributed by atoms with van der Waals surface area (Å²) < 4.78 is 16.1. The first kappa shape index (κ1) is 18.1. The van der Waals surface area contributed by atoms with Crippen LogP contribution in [0.1, 0.15) is 12.5 Å². The summed E-state index contributed by atoms with van der Waals surface area (Å²) in [7, 11) is 1.58. The Hall–Kier alpha value is -3.22. The highest BCUT2D eigenvalue weighted by atomic mass is 16.5. The van der Waals surface area contributed by atoms with Crippen molar-refractivity contribution < 1.29 is 24.2 Å². The molecule has 0 aliphatic carbocycles. The molecule has 0 radical (unpaired) electrons. The van der Waals surface area contributed by atoms with Crippen LogP contribution in [0.3, 0.4) is 0 Å². The van der Waals surface area contributed by atoms with Crippen molar-refractivity contribution in [3.8, 4) is 17.2 Å². The number of carbonyl (C=O) groups excluding carboxylic acids is 1. The van der Waals surface area contributed by atoms with Gasteiger partial charge in [0.05, 0.1) is 19.9 Å². The van der Waals surface area contributed by atoms with Crippen molar-refractivity contribution in [1.82, 2.24) is 0 Å². The molecule has 132 valence electrons. The van der Waals surface area contributed by atoms with Crippen LogP contribution in [0.5, 0.6) is 17.2 Å². The SMILES string of the molecule is CCOc1cc(/C=N/O)ccc1OCC(=O)Nc1ccc(OC)cc1. The van der Waals surface area contributed by atoms with Crippen LogP contribution in [0.4, 0.5) is 5.69 Å². The molecular formula is C18H20N2O5. The lowest BCUT2D eigenvalue weighted by Crippen LogP contribution is -2.20. The molecule has 2 aromatic carbocycles. The van der Waals surface area contributed by atoms with E-state index in [1.165, 1.54) is 6.21 Å². The van der Waals surface area contributed by atoms with Crippen LogP contribution >= 0.6 is 0 Å². The van der Waals surface area contributed by atoms with Crippen molar-refractivity contribution in [2.45, 2.75) is 6.92 Å². The highest BCUT2D eigenvalue weighted by molar-refractivity contribution is 5.92. The molecule has 1 amide bonds. The van der Waals surface area contributed by atoms with Gasteiger partial charge in [0.2, 0.25) is 0 Å². The van der Waals surface area contributed by atoms with E-state index in [0.717, 1.165) is 0 Å². The smallest absolute Gasteiger partial charge is 0.262 e. The number of methoxy groups -OCH3 is 1. The first-order valence-corrected chi connectivity index (χ1v) is 7.67. The lowest BCUT2D eigenvalue weighted by molar-refractivity contribution is -0.118. The Labute approximate surface area is 145 Å². The summed E-state index contributed by atoms with van der Waals surface area (Å²) in [5.41, 5.74) is 1.30. The van der Waals surface area contributed by atoms with Gasteiger partial charge in [-0.1, -0.05) is 5.16 Å². The number of ether oxygens (including phenoxy) is 3. The topological polar surface area (TPSA) is 89.4 Å². The molecule has 0 bridgehead atoms. The third kappa shape index (κ3) is 5.42. The standard InChI is InChI=1S/C18H20N2O5/c1-3-24-17-10-13(11-19-22)4-9-16(17)25-12-18(21)20-14-5-7-15(23-2)8-6-14/h4-11,22H,3,12H2,1-2H3,(H,20,21)/b19-11+. The third-order valence-corrected chi connectivity index (χ3v) is 3.21. The lowest BCUT2D eigenvalue weighted by atomic mass is 10.2. The van der Waals surface area contributed by atoms with Gasteiger partial charge in [0.25, 0.3) is 5.91 Å². The number of hydrogen-bond acceptors (Lipinski definition) is 6. The van der Waals surface area contributed by atoms with Gasteiger partial charge in [-0.15, -0.1) is 0 Å². The molecule has 0 spiro atoms. The molecular weight excluding hydrogens is 324 g/mol. The summed E-state index contributed by atoms with van der Waals surface area (Å²) in [6.45, 7) is 2.11. The number of benzene rings is 2. The second-order valence-corrected chi connectivity index (χ2v) is 4.95. The maximum Gasteiger partial charge on any atom is 0.262 e. The van der Waals surface area contributed by atoms with Gasteiger partial charge >= 0.3 is 0 Å². The van der Waals surface area contributed by atoms with Crippen molar-refractivity contribution in [3.63, 3.8) is 0 Å². The number of rotatable bonds is 8. The fourth-order valence-electron chi connectivity index (χ4n) is 2.07. The quantitative estimate of drug-likeness (QED) is 0.437. The van der Waals surface area contributed by atoms with Crippen molar-refractivity contribution in [1.29, 1.82) is 0 Å². The summed E-state index contributed by atoms with van der Waals surface area (Å²) >= 11 is 0. The van der Waals surface area contributed by atoms with Crippen molar-refractivity contribution in [2.24, 2.45) is 5.16 Å². The Kier molecular flexibility index (Phi) is 6.65. The first-order valence-electron chi connectivity index (χ1n) is 7.67. The van der Waals surface area contributed by atoms with Gasteiger partial charge in [-0.05, 0) is 49.4 Å². The predicted octanol–water partition coefficient (Wildman–Crippen LogP) is 2.92. The molecule has 0 saturated heterocycles. The highest BCUT2D eigenvalue weighted by Crippen LogP contribution is 2.28. The lowest BCUT2D eigenvalue weighted by Gasteiger charge is -2.12. The zero-order valence-corrected chi connectivity index (χ0v) is 14.1. The molecule has 25 heavy (non-hydrogen) atoms. The van der Waals surface area contributed by atoms with Crippen LogP contribution in [0.25, 0.3) is 0 Å². The molecule has 0 saturated carbocycles. The largest absolute Gasteiger partial charge is 0.497 e. The van der Waals surface area contributed by atoms with Gasteiger partial charge in [-0.2, -0.15) is 0 Å². The van der Waals surface area contributed by atoms with Crippen LogP contribution < -0.4 is 19.5 Å². The summed E-state index contributed by atoms with van der Waals surface area (Å²) in [6.07, 6.45) is 1.28. The summed E-state index contributed by atoms with van der Waals surface area (Å²) in [4.78, 5) is 12.0. The Morgan fingerprint density at radius 3 is 2.56 bits per heavy atom. The molecule has 7 nitrogen and oxygen atoms in total. The fourth-order valence-corrected chi connectivity index (χ4v) is 2.07. The Morgan fingerprint density at radius 1 is 1.16 bits per heavy atom. The van der Waals surface area contributed by atoms with E-state index < -0.39 is 0 Å². The molecule has 0 aromatic heterocycles. The van der Waals surface area contributed by atoms with E-state index in [-0.39, 0.29) is 12.5 Å². The zero-order valence-electron chi connectivity index (χ0n) is 14.1. The molecule has 0 aliphatic rings. The second-order valence-electron chi connectivity index (χ2n) is 4.95. The number of amides is 1. The molecule has 0 atom stereocenters. The van der Waals surface area contributed by atoms with Crippen LogP contribution in [-0.4, -0.2) is 37.7 Å². The maximum absolute atomic E-state index is 12.0. The average Bonchev–Trinajstić information content (AvgIpc) is 2.62. The van der Waals surface area contributed by atoms with Crippen LogP contribution in [0.2, 0.25) is 0 Å². The molecule has 0 aliphatic heterocycles. The van der Waals surface area contributed by atoms with Crippen LogP contribution in [0, 0.1) is 0 Å². The minimum Gasteiger partial charge on any atom is -0.497 e. The van der Waals surface area contributed by atoms with Gasteiger partial charge in [-0.3, -0.25) is 4.79 Å². The van der Waals surface area contributed by atoms with Gasteiger partial charge in [0.1, 0.15) is 5.75 Å². The Morgan fingerprint density at radius 2 is 1.92 bits per heavy atom. The molecule has 0 heterocycles. The second kappa shape index (κ2) is 9.17. The van der Waals surface area contributed by atoms with E-state index in [9.17, 15) is 4.79 Å². The van der Waals surface area contributed by atoms with Gasteiger partial charge in [0.15, 0.2) is 18.1 Å². The fraction of sp³-hybridized carbons (Fsp3) is 0.222. The average molecular weight is 344 g/mol. The van der Waals surface area contributed by atoms with E-state index in [2.05, 4.69) is 10.5 Å². The number of anilines is 1. The molecule has 2 aromatic rings. The highest BCUT2D eigenvalue weighted by Gasteiger charge is 2.09. The van der Waals surface area contributed by atoms with Crippen molar-refractivity contribution in [3.05, 3.63) is 48.0 Å². The van der Waals surface area contributed by atoms with Crippen LogP contribution in [-0.2, 0) is 4.79 Å². The van der Waals surface area contributed by atoms with Gasteiger partial charge in [0, 0.05) is 11.3 Å². The van der Waals surface area contributed by atoms with Crippen molar-refractivity contribution >= 4 is 17.8 Å². The maximum atomic E-state index is 12.0. The Bertz CT molecular complexity index is 729. The molecule has 2 N–H and O–H groups in total. The van der Waals surface area contributed by atoms with E-state index in [4.69, 9.17) is 19.4 Å². The minimum atomic E-state index is -0.298. The molecule has 7 heteroatoms. The number of carbonyl (C=O) groups is 1. The van der Waals surface area contributed by atoms with Crippen molar-refractivity contribution in [2.75, 3.05) is 25.6 Å². The minimum absolute atomic E-state index is 0.167. The first-order chi connectivity index (χ1) is 12.2. The normalized spacial score (nSPS) is 10.5. The van der Waals surface area contributed by atoms with Gasteiger partial charge < -0.3 is 24.7 Å². The summed E-state index contributed by atoms with van der Waals surface area (Å²) in [5, 5.41) is 14.3.